The highest BCUT2D eigenvalue weighted by Crippen LogP contribution is 2.22. The minimum absolute atomic E-state index is 0.138. The van der Waals surface area contributed by atoms with Crippen LogP contribution in [-0.4, -0.2) is 58.5 Å². The fourth-order valence-electron chi connectivity index (χ4n) is 6.00. The Morgan fingerprint density at radius 1 is 0.688 bits per heavy atom. The number of hydrogen-bond acceptors (Lipinski definition) is 4. The van der Waals surface area contributed by atoms with Gasteiger partial charge < -0.3 is 14.5 Å². The topological polar surface area (TPSA) is 53.1 Å². The first-order chi connectivity index (χ1) is 23.2. The number of hydrogen-bond donors (Lipinski definition) is 0. The van der Waals surface area contributed by atoms with Crippen LogP contribution in [-0.2, 0) is 42.0 Å². The molecule has 48 heavy (non-hydrogen) atoms. The summed E-state index contributed by atoms with van der Waals surface area (Å²) in [5.74, 6) is 0. The van der Waals surface area contributed by atoms with Crippen molar-refractivity contribution in [3.63, 3.8) is 0 Å². The van der Waals surface area contributed by atoms with Crippen molar-refractivity contribution < 1.29 is 14.3 Å². The molecule has 0 saturated heterocycles. The molecule has 0 spiro atoms. The first-order valence-corrected chi connectivity index (χ1v) is 17.3. The smallest absolute Gasteiger partial charge is 0.410 e. The fourth-order valence-corrected chi connectivity index (χ4v) is 6.00. The van der Waals surface area contributed by atoms with Crippen LogP contribution in [0.15, 0.2) is 115 Å². The lowest BCUT2D eigenvalue weighted by Gasteiger charge is -2.35. The molecule has 0 aromatic heterocycles. The Balaban J connectivity index is 1.61. The summed E-state index contributed by atoms with van der Waals surface area (Å²) in [5, 5.41) is 0. The first kappa shape index (κ1) is 36.4. The monoisotopic (exact) mass is 647 g/mol. The summed E-state index contributed by atoms with van der Waals surface area (Å²) >= 11 is 0. The number of carbonyl (C=O) groups excluding carboxylic acids is 2. The van der Waals surface area contributed by atoms with E-state index in [4.69, 9.17) is 4.74 Å². The standard InChI is InChI=1S/C42H53N3O3/c1-5-16-35-23-15-24-39(29-35)30-40(45(32-37-19-11-7-12-20-37)33-38-21-13-8-14-22-38)25-26-44(41(47)48-42(2,3)4)28-27-43(34-46)31-36-17-9-6-10-18-36/h6-15,17-24,29,34,40H,5,16,25-28,30-33H2,1-4H3/t40-/m1/s1. The Morgan fingerprint density at radius 3 is 1.73 bits per heavy atom. The molecule has 0 N–H and O–H groups in total. The average Bonchev–Trinajstić information content (AvgIpc) is 3.07. The van der Waals surface area contributed by atoms with Crippen molar-refractivity contribution in [2.45, 2.75) is 84.7 Å². The van der Waals surface area contributed by atoms with Crippen LogP contribution >= 0.6 is 0 Å². The van der Waals surface area contributed by atoms with Crippen molar-refractivity contribution >= 4 is 12.5 Å². The van der Waals surface area contributed by atoms with Gasteiger partial charge in [0.1, 0.15) is 5.60 Å². The Bertz CT molecular complexity index is 1460. The highest BCUT2D eigenvalue weighted by molar-refractivity contribution is 5.68. The lowest BCUT2D eigenvalue weighted by molar-refractivity contribution is -0.118. The number of benzene rings is 4. The molecule has 0 fully saturated rings. The molecule has 254 valence electrons. The van der Waals surface area contributed by atoms with Crippen LogP contribution in [0.1, 0.15) is 68.4 Å². The highest BCUT2D eigenvalue weighted by atomic mass is 16.6. The van der Waals surface area contributed by atoms with Gasteiger partial charge in [-0.1, -0.05) is 129 Å². The Morgan fingerprint density at radius 2 is 1.21 bits per heavy atom. The zero-order chi connectivity index (χ0) is 34.2. The van der Waals surface area contributed by atoms with Crippen molar-refractivity contribution in [2.24, 2.45) is 0 Å². The van der Waals surface area contributed by atoms with Crippen LogP contribution < -0.4 is 0 Å². The zero-order valence-corrected chi connectivity index (χ0v) is 29.3. The number of rotatable bonds is 18. The van der Waals surface area contributed by atoms with Gasteiger partial charge in [0.2, 0.25) is 6.41 Å². The van der Waals surface area contributed by atoms with Crippen LogP contribution in [0.5, 0.6) is 0 Å². The average molecular weight is 648 g/mol. The number of carbonyl (C=O) groups is 2. The summed E-state index contributed by atoms with van der Waals surface area (Å²) < 4.78 is 5.90. The number of amides is 2. The molecule has 0 heterocycles. The first-order valence-electron chi connectivity index (χ1n) is 17.3. The van der Waals surface area contributed by atoms with Gasteiger partial charge in [-0.05, 0) is 67.9 Å². The molecule has 0 saturated carbocycles. The molecule has 0 unspecified atom stereocenters. The lowest BCUT2D eigenvalue weighted by atomic mass is 9.97. The summed E-state index contributed by atoms with van der Waals surface area (Å²) in [6.07, 6.45) is 4.28. The van der Waals surface area contributed by atoms with E-state index in [-0.39, 0.29) is 12.1 Å². The molecule has 0 aliphatic heterocycles. The van der Waals surface area contributed by atoms with E-state index in [1.807, 2.05) is 51.1 Å². The molecule has 2 amide bonds. The van der Waals surface area contributed by atoms with Gasteiger partial charge in [-0.3, -0.25) is 9.69 Å². The summed E-state index contributed by atoms with van der Waals surface area (Å²) in [4.78, 5) is 31.8. The highest BCUT2D eigenvalue weighted by Gasteiger charge is 2.26. The van der Waals surface area contributed by atoms with Gasteiger partial charge in [-0.2, -0.15) is 0 Å². The van der Waals surface area contributed by atoms with Crippen molar-refractivity contribution in [3.8, 4) is 0 Å². The second-order valence-electron chi connectivity index (χ2n) is 13.6. The Labute approximate surface area is 288 Å². The summed E-state index contributed by atoms with van der Waals surface area (Å²) in [6, 6.07) is 40.3. The molecule has 0 aliphatic rings. The van der Waals surface area contributed by atoms with Gasteiger partial charge in [0.25, 0.3) is 0 Å². The van der Waals surface area contributed by atoms with E-state index < -0.39 is 5.60 Å². The third-order valence-electron chi connectivity index (χ3n) is 8.39. The quantitative estimate of drug-likeness (QED) is 0.102. The predicted molar refractivity (Wildman–Crippen MR) is 195 cm³/mol. The minimum atomic E-state index is -0.629. The van der Waals surface area contributed by atoms with Crippen molar-refractivity contribution in [3.05, 3.63) is 143 Å². The Hall–Kier alpha value is -4.42. The fraction of sp³-hybridized carbons (Fsp3) is 0.381. The van der Waals surface area contributed by atoms with Crippen LogP contribution in [0.2, 0.25) is 0 Å². The van der Waals surface area contributed by atoms with E-state index in [2.05, 4.69) is 96.8 Å². The van der Waals surface area contributed by atoms with Crippen molar-refractivity contribution in [1.29, 1.82) is 0 Å². The number of ether oxygens (including phenoxy) is 1. The van der Waals surface area contributed by atoms with Crippen LogP contribution in [0.25, 0.3) is 0 Å². The zero-order valence-electron chi connectivity index (χ0n) is 29.3. The molecule has 1 atom stereocenters. The van der Waals surface area contributed by atoms with E-state index in [0.29, 0.717) is 26.2 Å². The summed E-state index contributed by atoms with van der Waals surface area (Å²) in [5.41, 5.74) is 5.59. The molecule has 0 radical (unpaired) electrons. The van der Waals surface area contributed by atoms with E-state index in [1.54, 1.807) is 9.80 Å². The predicted octanol–water partition coefficient (Wildman–Crippen LogP) is 8.54. The lowest BCUT2D eigenvalue weighted by Crippen LogP contribution is -2.44. The maximum atomic E-state index is 13.6. The number of nitrogens with zero attached hydrogens (tertiary/aromatic N) is 3. The van der Waals surface area contributed by atoms with Crippen LogP contribution in [0.3, 0.4) is 0 Å². The third-order valence-corrected chi connectivity index (χ3v) is 8.39. The molecule has 0 bridgehead atoms. The van der Waals surface area contributed by atoms with Gasteiger partial charge in [-0.15, -0.1) is 0 Å². The molecule has 4 aromatic rings. The van der Waals surface area contributed by atoms with Gasteiger partial charge in [0, 0.05) is 45.3 Å². The van der Waals surface area contributed by atoms with Crippen molar-refractivity contribution in [2.75, 3.05) is 19.6 Å². The molecule has 4 rings (SSSR count). The maximum Gasteiger partial charge on any atom is 0.410 e. The van der Waals surface area contributed by atoms with E-state index in [0.717, 1.165) is 50.7 Å². The number of aryl methyl sites for hydroxylation is 1. The van der Waals surface area contributed by atoms with Gasteiger partial charge in [0.15, 0.2) is 0 Å². The second kappa shape index (κ2) is 18.8. The summed E-state index contributed by atoms with van der Waals surface area (Å²) in [6.45, 7) is 11.3. The molecule has 0 aliphatic carbocycles. The summed E-state index contributed by atoms with van der Waals surface area (Å²) in [7, 11) is 0. The second-order valence-corrected chi connectivity index (χ2v) is 13.6. The largest absolute Gasteiger partial charge is 0.444 e. The van der Waals surface area contributed by atoms with Gasteiger partial charge >= 0.3 is 6.09 Å². The molecule has 6 nitrogen and oxygen atoms in total. The van der Waals surface area contributed by atoms with Crippen LogP contribution in [0, 0.1) is 0 Å². The van der Waals surface area contributed by atoms with Gasteiger partial charge in [0.05, 0.1) is 0 Å². The van der Waals surface area contributed by atoms with Crippen molar-refractivity contribution in [1.82, 2.24) is 14.7 Å². The van der Waals surface area contributed by atoms with Crippen LogP contribution in [0.4, 0.5) is 4.79 Å². The molecule has 6 heteroatoms. The molecule has 4 aromatic carbocycles. The van der Waals surface area contributed by atoms with E-state index in [1.165, 1.54) is 22.3 Å². The minimum Gasteiger partial charge on any atom is -0.444 e. The molecular formula is C42H53N3O3. The Kier molecular flexibility index (Phi) is 14.3. The van der Waals surface area contributed by atoms with E-state index in [9.17, 15) is 9.59 Å². The SMILES string of the molecule is CCCc1cccc(C[C@@H](CCN(CCN(C=O)Cc2ccccc2)C(=O)OC(C)(C)C)N(Cc2ccccc2)Cc2ccccc2)c1. The van der Waals surface area contributed by atoms with Gasteiger partial charge in [-0.25, -0.2) is 4.79 Å². The normalized spacial score (nSPS) is 12.0. The third kappa shape index (κ3) is 12.6. The van der Waals surface area contributed by atoms with E-state index >= 15 is 0 Å². The maximum absolute atomic E-state index is 13.6. The molecular weight excluding hydrogens is 594 g/mol.